The van der Waals surface area contributed by atoms with Crippen LogP contribution in [0.25, 0.3) is 0 Å². The van der Waals surface area contributed by atoms with Crippen LogP contribution >= 0.6 is 0 Å². The summed E-state index contributed by atoms with van der Waals surface area (Å²) in [4.78, 5) is 0. The van der Waals surface area contributed by atoms with Gasteiger partial charge in [-0.25, -0.2) is 4.39 Å². The molecule has 1 aliphatic rings. The van der Waals surface area contributed by atoms with Crippen LogP contribution in [0.15, 0.2) is 24.3 Å². The minimum atomic E-state index is -0.515. The molecule has 0 spiro atoms. The lowest BCUT2D eigenvalue weighted by molar-refractivity contribution is -0.0535. The smallest absolute Gasteiger partial charge is 0.123 e. The van der Waals surface area contributed by atoms with Crippen LogP contribution in [0.3, 0.4) is 0 Å². The average Bonchev–Trinajstić information content (AvgIpc) is 2.43. The first kappa shape index (κ1) is 14.5. The van der Waals surface area contributed by atoms with Crippen LogP contribution < -0.4 is 0 Å². The molecule has 0 aliphatic heterocycles. The zero-order chi connectivity index (χ0) is 13.7. The molecule has 1 aromatic carbocycles. The molecule has 2 unspecified atom stereocenters. The van der Waals surface area contributed by atoms with E-state index in [1.54, 1.807) is 19.2 Å². The zero-order valence-corrected chi connectivity index (χ0v) is 11.5. The molecule has 0 bridgehead atoms. The van der Waals surface area contributed by atoms with Crippen molar-refractivity contribution in [3.05, 3.63) is 35.6 Å². The largest absolute Gasteiger partial charge is 0.390 e. The molecule has 1 saturated carbocycles. The second-order valence-corrected chi connectivity index (χ2v) is 5.50. The van der Waals surface area contributed by atoms with Gasteiger partial charge in [0, 0.05) is 13.5 Å². The van der Waals surface area contributed by atoms with Crippen LogP contribution in [-0.2, 0) is 11.2 Å². The predicted octanol–water partition coefficient (Wildman–Crippen LogP) is 3.32. The third kappa shape index (κ3) is 4.02. The highest BCUT2D eigenvalue weighted by Crippen LogP contribution is 2.30. The van der Waals surface area contributed by atoms with Gasteiger partial charge in [0.05, 0.1) is 12.2 Å². The Labute approximate surface area is 114 Å². The molecule has 3 heteroatoms. The Kier molecular flexibility index (Phi) is 5.34. The van der Waals surface area contributed by atoms with Crippen molar-refractivity contribution in [1.82, 2.24) is 0 Å². The third-order valence-corrected chi connectivity index (χ3v) is 4.12. The first-order chi connectivity index (χ1) is 9.20. The first-order valence-corrected chi connectivity index (χ1v) is 7.16. The highest BCUT2D eigenvalue weighted by molar-refractivity contribution is 5.17. The van der Waals surface area contributed by atoms with Gasteiger partial charge in [0.15, 0.2) is 0 Å². The number of aliphatic hydroxyl groups excluding tert-OH is 1. The lowest BCUT2D eigenvalue weighted by atomic mass is 9.82. The highest BCUT2D eigenvalue weighted by atomic mass is 19.1. The summed E-state index contributed by atoms with van der Waals surface area (Å²) >= 11 is 0. The fourth-order valence-corrected chi connectivity index (χ4v) is 3.10. The molecule has 1 fully saturated rings. The van der Waals surface area contributed by atoms with Crippen LogP contribution in [0.2, 0.25) is 0 Å². The number of methoxy groups -OCH3 is 1. The number of ether oxygens (including phenoxy) is 1. The highest BCUT2D eigenvalue weighted by Gasteiger charge is 2.29. The van der Waals surface area contributed by atoms with Crippen molar-refractivity contribution in [2.75, 3.05) is 7.11 Å². The van der Waals surface area contributed by atoms with Crippen molar-refractivity contribution in [3.8, 4) is 0 Å². The van der Waals surface area contributed by atoms with E-state index in [1.165, 1.54) is 31.4 Å². The minimum Gasteiger partial charge on any atom is -0.390 e. The van der Waals surface area contributed by atoms with E-state index in [0.29, 0.717) is 12.3 Å². The van der Waals surface area contributed by atoms with Gasteiger partial charge in [0.2, 0.25) is 0 Å². The molecule has 1 aliphatic carbocycles. The normalized spacial score (nSPS) is 20.2. The number of hydrogen-bond donors (Lipinski definition) is 1. The van der Waals surface area contributed by atoms with Gasteiger partial charge in [0.1, 0.15) is 5.82 Å². The van der Waals surface area contributed by atoms with E-state index in [2.05, 4.69) is 0 Å². The summed E-state index contributed by atoms with van der Waals surface area (Å²) in [7, 11) is 1.67. The maximum absolute atomic E-state index is 12.9. The average molecular weight is 266 g/mol. The Bertz CT molecular complexity index is 371. The Balaban J connectivity index is 1.95. The molecule has 1 aromatic rings. The van der Waals surface area contributed by atoms with Crippen molar-refractivity contribution >= 4 is 0 Å². The van der Waals surface area contributed by atoms with Gasteiger partial charge in [0.25, 0.3) is 0 Å². The van der Waals surface area contributed by atoms with Crippen molar-refractivity contribution in [3.63, 3.8) is 0 Å². The van der Waals surface area contributed by atoms with E-state index >= 15 is 0 Å². The Morgan fingerprint density at radius 2 is 1.84 bits per heavy atom. The molecule has 1 N–H and O–H groups in total. The topological polar surface area (TPSA) is 29.5 Å². The molecule has 2 atom stereocenters. The predicted molar refractivity (Wildman–Crippen MR) is 73.5 cm³/mol. The third-order valence-electron chi connectivity index (χ3n) is 4.12. The van der Waals surface area contributed by atoms with Gasteiger partial charge in [-0.2, -0.15) is 0 Å². The minimum absolute atomic E-state index is 0.106. The fraction of sp³-hybridized carbons (Fsp3) is 0.625. The van der Waals surface area contributed by atoms with Crippen molar-refractivity contribution < 1.29 is 14.2 Å². The molecule has 0 saturated heterocycles. The van der Waals surface area contributed by atoms with Gasteiger partial charge in [-0.1, -0.05) is 31.4 Å². The first-order valence-electron chi connectivity index (χ1n) is 7.16. The maximum Gasteiger partial charge on any atom is 0.123 e. The Morgan fingerprint density at radius 1 is 1.21 bits per heavy atom. The second kappa shape index (κ2) is 7.01. The molecule has 19 heavy (non-hydrogen) atoms. The van der Waals surface area contributed by atoms with Crippen LogP contribution in [0.4, 0.5) is 4.39 Å². The molecule has 0 radical (unpaired) electrons. The van der Waals surface area contributed by atoms with E-state index in [1.807, 2.05) is 0 Å². The Hall–Kier alpha value is -0.930. The molecule has 0 aromatic heterocycles. The summed E-state index contributed by atoms with van der Waals surface area (Å²) < 4.78 is 18.4. The van der Waals surface area contributed by atoms with Gasteiger partial charge in [-0.3, -0.25) is 0 Å². The lowest BCUT2D eigenvalue weighted by Crippen LogP contribution is -2.37. The van der Waals surface area contributed by atoms with Gasteiger partial charge in [-0.05, 0) is 36.5 Å². The maximum atomic E-state index is 12.9. The molecule has 106 valence electrons. The number of hydrogen-bond acceptors (Lipinski definition) is 2. The van der Waals surface area contributed by atoms with Crippen LogP contribution in [0.5, 0.6) is 0 Å². The number of aliphatic hydroxyl groups is 1. The SMILES string of the molecule is COC(C(O)Cc1ccc(F)cc1)C1CCCCC1. The van der Waals surface area contributed by atoms with Crippen LogP contribution in [-0.4, -0.2) is 24.4 Å². The van der Waals surface area contributed by atoms with Crippen LogP contribution in [0.1, 0.15) is 37.7 Å². The quantitative estimate of drug-likeness (QED) is 0.886. The molecular weight excluding hydrogens is 243 g/mol. The number of rotatable bonds is 5. The summed E-state index contributed by atoms with van der Waals surface area (Å²) in [5.41, 5.74) is 0.951. The zero-order valence-electron chi connectivity index (χ0n) is 11.5. The summed E-state index contributed by atoms with van der Waals surface area (Å²) in [5, 5.41) is 10.4. The monoisotopic (exact) mass is 266 g/mol. The summed E-state index contributed by atoms with van der Waals surface area (Å²) in [6.45, 7) is 0. The van der Waals surface area contributed by atoms with Gasteiger partial charge >= 0.3 is 0 Å². The Morgan fingerprint density at radius 3 is 2.42 bits per heavy atom. The van der Waals surface area contributed by atoms with E-state index in [4.69, 9.17) is 4.74 Å². The fourth-order valence-electron chi connectivity index (χ4n) is 3.10. The molecule has 2 rings (SSSR count). The molecule has 0 heterocycles. The van der Waals surface area contributed by atoms with Gasteiger partial charge in [-0.15, -0.1) is 0 Å². The molecular formula is C16H23FO2. The summed E-state index contributed by atoms with van der Waals surface area (Å²) in [6.07, 6.45) is 5.93. The van der Waals surface area contributed by atoms with Gasteiger partial charge < -0.3 is 9.84 Å². The molecule has 2 nitrogen and oxygen atoms in total. The number of benzene rings is 1. The van der Waals surface area contributed by atoms with E-state index in [9.17, 15) is 9.50 Å². The second-order valence-electron chi connectivity index (χ2n) is 5.50. The van der Waals surface area contributed by atoms with Crippen molar-refractivity contribution in [2.45, 2.75) is 50.7 Å². The summed E-state index contributed by atoms with van der Waals surface area (Å²) in [5.74, 6) is 0.211. The van der Waals surface area contributed by atoms with Crippen LogP contribution in [0, 0.1) is 11.7 Å². The van der Waals surface area contributed by atoms with Crippen molar-refractivity contribution in [2.24, 2.45) is 5.92 Å². The van der Waals surface area contributed by atoms with E-state index < -0.39 is 6.10 Å². The standard InChI is InChI=1S/C16H23FO2/c1-19-16(13-5-3-2-4-6-13)15(18)11-12-7-9-14(17)10-8-12/h7-10,13,15-16,18H,2-6,11H2,1H3. The molecule has 0 amide bonds. The van der Waals surface area contributed by atoms with E-state index in [-0.39, 0.29) is 11.9 Å². The number of halogens is 1. The van der Waals surface area contributed by atoms with E-state index in [0.717, 1.165) is 18.4 Å². The lowest BCUT2D eigenvalue weighted by Gasteiger charge is -2.32. The summed E-state index contributed by atoms with van der Waals surface area (Å²) in [6, 6.07) is 6.33. The van der Waals surface area contributed by atoms with Crippen molar-refractivity contribution in [1.29, 1.82) is 0 Å².